The van der Waals surface area contributed by atoms with Crippen LogP contribution in [0.3, 0.4) is 0 Å². The first-order valence-electron chi connectivity index (χ1n) is 3.51. The second-order valence-electron chi connectivity index (χ2n) is 2.50. The van der Waals surface area contributed by atoms with Crippen molar-refractivity contribution in [2.45, 2.75) is 6.42 Å². The standard InChI is InChI=1S/C7H13O4P/c1-3-5-11-7(8)4-6-12(2,9)10/h3H,1,4-6H2,2H3,(H,9,10). The first kappa shape index (κ1) is 11.4. The fourth-order valence-electron chi connectivity index (χ4n) is 0.523. The van der Waals surface area contributed by atoms with Gasteiger partial charge in [0, 0.05) is 12.8 Å². The monoisotopic (exact) mass is 192 g/mol. The van der Waals surface area contributed by atoms with Gasteiger partial charge in [0.2, 0.25) is 0 Å². The molecular weight excluding hydrogens is 179 g/mol. The zero-order valence-corrected chi connectivity index (χ0v) is 7.92. The summed E-state index contributed by atoms with van der Waals surface area (Å²) in [6.07, 6.45) is 1.41. The van der Waals surface area contributed by atoms with Gasteiger partial charge in [-0.05, 0) is 0 Å². The largest absolute Gasteiger partial charge is 0.461 e. The van der Waals surface area contributed by atoms with Crippen LogP contribution in [0.2, 0.25) is 0 Å². The molecule has 0 aliphatic rings. The summed E-state index contributed by atoms with van der Waals surface area (Å²) < 4.78 is 15.3. The molecule has 4 nitrogen and oxygen atoms in total. The van der Waals surface area contributed by atoms with Crippen molar-refractivity contribution in [2.75, 3.05) is 19.4 Å². The molecule has 0 heterocycles. The van der Waals surface area contributed by atoms with Crippen molar-refractivity contribution in [1.82, 2.24) is 0 Å². The Hall–Kier alpha value is -0.600. The van der Waals surface area contributed by atoms with Crippen molar-refractivity contribution in [3.8, 4) is 0 Å². The Balaban J connectivity index is 3.58. The zero-order chi connectivity index (χ0) is 9.61. The van der Waals surface area contributed by atoms with Crippen LogP contribution in [0, 0.1) is 0 Å². The van der Waals surface area contributed by atoms with Crippen LogP contribution in [-0.2, 0) is 14.1 Å². The maximum Gasteiger partial charge on any atom is 0.306 e. The van der Waals surface area contributed by atoms with Gasteiger partial charge in [0.25, 0.3) is 0 Å². The number of hydrogen-bond donors (Lipinski definition) is 1. The molecule has 1 atom stereocenters. The van der Waals surface area contributed by atoms with E-state index in [1.165, 1.54) is 12.7 Å². The molecule has 0 rings (SSSR count). The SMILES string of the molecule is C=CCOC(=O)CCP(C)(=O)O. The van der Waals surface area contributed by atoms with Gasteiger partial charge < -0.3 is 9.63 Å². The lowest BCUT2D eigenvalue weighted by molar-refractivity contribution is -0.141. The molecule has 0 bridgehead atoms. The van der Waals surface area contributed by atoms with E-state index in [4.69, 9.17) is 4.89 Å². The van der Waals surface area contributed by atoms with E-state index in [9.17, 15) is 9.36 Å². The molecule has 0 saturated carbocycles. The number of carbonyl (C=O) groups excluding carboxylic acids is 1. The van der Waals surface area contributed by atoms with Crippen molar-refractivity contribution in [1.29, 1.82) is 0 Å². The molecule has 0 aliphatic carbocycles. The fraction of sp³-hybridized carbons (Fsp3) is 0.571. The smallest absolute Gasteiger partial charge is 0.306 e. The van der Waals surface area contributed by atoms with E-state index >= 15 is 0 Å². The summed E-state index contributed by atoms with van der Waals surface area (Å²) >= 11 is 0. The molecule has 0 aromatic heterocycles. The lowest BCUT2D eigenvalue weighted by Crippen LogP contribution is -2.06. The van der Waals surface area contributed by atoms with Gasteiger partial charge in [-0.25, -0.2) is 0 Å². The Morgan fingerprint density at radius 3 is 2.75 bits per heavy atom. The van der Waals surface area contributed by atoms with E-state index in [1.54, 1.807) is 0 Å². The molecule has 0 aromatic rings. The topological polar surface area (TPSA) is 63.6 Å². The normalized spacial score (nSPS) is 14.8. The third-order valence-electron chi connectivity index (χ3n) is 1.09. The number of rotatable bonds is 5. The Morgan fingerprint density at radius 2 is 2.33 bits per heavy atom. The van der Waals surface area contributed by atoms with E-state index in [-0.39, 0.29) is 19.2 Å². The number of ether oxygens (including phenoxy) is 1. The maximum atomic E-state index is 10.7. The average molecular weight is 192 g/mol. The molecule has 1 unspecified atom stereocenters. The molecule has 0 spiro atoms. The summed E-state index contributed by atoms with van der Waals surface area (Å²) in [5.41, 5.74) is 0. The van der Waals surface area contributed by atoms with Crippen molar-refractivity contribution in [2.24, 2.45) is 0 Å². The van der Waals surface area contributed by atoms with Crippen LogP contribution in [0.4, 0.5) is 0 Å². The predicted molar refractivity (Wildman–Crippen MR) is 46.4 cm³/mol. The average Bonchev–Trinajstić information content (AvgIpc) is 1.95. The summed E-state index contributed by atoms with van der Waals surface area (Å²) in [5, 5.41) is 0. The summed E-state index contributed by atoms with van der Waals surface area (Å²) in [7, 11) is -3.08. The number of esters is 1. The minimum absolute atomic E-state index is 0.0158. The van der Waals surface area contributed by atoms with Gasteiger partial charge >= 0.3 is 5.97 Å². The Labute approximate surface area is 71.7 Å². The van der Waals surface area contributed by atoms with E-state index in [1.807, 2.05) is 0 Å². The van der Waals surface area contributed by atoms with Gasteiger partial charge in [0.15, 0.2) is 7.37 Å². The molecule has 0 fully saturated rings. The first-order chi connectivity index (χ1) is 5.45. The second-order valence-corrected chi connectivity index (χ2v) is 5.05. The van der Waals surface area contributed by atoms with Crippen LogP contribution >= 0.6 is 7.37 Å². The summed E-state index contributed by atoms with van der Waals surface area (Å²) in [6, 6.07) is 0. The minimum atomic E-state index is -3.08. The Morgan fingerprint density at radius 1 is 1.75 bits per heavy atom. The number of hydrogen-bond acceptors (Lipinski definition) is 3. The summed E-state index contributed by atoms with van der Waals surface area (Å²) in [5.74, 6) is -0.467. The molecule has 5 heteroatoms. The van der Waals surface area contributed by atoms with Crippen molar-refractivity contribution in [3.05, 3.63) is 12.7 Å². The quantitative estimate of drug-likeness (QED) is 0.401. The predicted octanol–water partition coefficient (Wildman–Crippen LogP) is 1.01. The molecule has 70 valence electrons. The van der Waals surface area contributed by atoms with Crippen LogP contribution < -0.4 is 0 Å². The van der Waals surface area contributed by atoms with E-state index < -0.39 is 13.3 Å². The highest BCUT2D eigenvalue weighted by molar-refractivity contribution is 7.57. The molecule has 0 aromatic carbocycles. The lowest BCUT2D eigenvalue weighted by atomic mass is 10.5. The Bertz CT molecular complexity index is 205. The second kappa shape index (κ2) is 5.12. The van der Waals surface area contributed by atoms with Crippen LogP contribution in [-0.4, -0.2) is 30.3 Å². The van der Waals surface area contributed by atoms with Gasteiger partial charge in [0.05, 0.1) is 6.42 Å². The molecule has 12 heavy (non-hydrogen) atoms. The minimum Gasteiger partial charge on any atom is -0.461 e. The van der Waals surface area contributed by atoms with Gasteiger partial charge in [-0.3, -0.25) is 9.36 Å². The number of carbonyl (C=O) groups is 1. The zero-order valence-electron chi connectivity index (χ0n) is 7.02. The molecular formula is C7H13O4P. The van der Waals surface area contributed by atoms with Crippen LogP contribution in [0.5, 0.6) is 0 Å². The molecule has 0 saturated heterocycles. The lowest BCUT2D eigenvalue weighted by Gasteiger charge is -2.04. The summed E-state index contributed by atoms with van der Waals surface area (Å²) in [4.78, 5) is 19.6. The van der Waals surface area contributed by atoms with Gasteiger partial charge in [-0.2, -0.15) is 0 Å². The fourth-order valence-corrected chi connectivity index (χ4v) is 1.12. The van der Waals surface area contributed by atoms with E-state index in [2.05, 4.69) is 11.3 Å². The van der Waals surface area contributed by atoms with Gasteiger partial charge in [0.1, 0.15) is 6.61 Å². The maximum absolute atomic E-state index is 10.7. The first-order valence-corrected chi connectivity index (χ1v) is 5.81. The van der Waals surface area contributed by atoms with E-state index in [0.29, 0.717) is 0 Å². The van der Waals surface area contributed by atoms with Crippen LogP contribution in [0.15, 0.2) is 12.7 Å². The van der Waals surface area contributed by atoms with Gasteiger partial charge in [-0.15, -0.1) is 0 Å². The van der Waals surface area contributed by atoms with Crippen molar-refractivity contribution >= 4 is 13.3 Å². The highest BCUT2D eigenvalue weighted by atomic mass is 31.2. The van der Waals surface area contributed by atoms with Crippen LogP contribution in [0.1, 0.15) is 6.42 Å². The molecule has 1 N–H and O–H groups in total. The highest BCUT2D eigenvalue weighted by Crippen LogP contribution is 2.35. The summed E-state index contributed by atoms with van der Waals surface area (Å²) in [6.45, 7) is 4.73. The Kier molecular flexibility index (Phi) is 4.86. The van der Waals surface area contributed by atoms with Crippen LogP contribution in [0.25, 0.3) is 0 Å². The highest BCUT2D eigenvalue weighted by Gasteiger charge is 2.12. The van der Waals surface area contributed by atoms with E-state index in [0.717, 1.165) is 0 Å². The molecule has 0 radical (unpaired) electrons. The third kappa shape index (κ3) is 7.51. The third-order valence-corrected chi connectivity index (χ3v) is 2.15. The van der Waals surface area contributed by atoms with Gasteiger partial charge in [-0.1, -0.05) is 12.7 Å². The molecule has 0 aliphatic heterocycles. The molecule has 0 amide bonds. The van der Waals surface area contributed by atoms with Crippen molar-refractivity contribution in [3.63, 3.8) is 0 Å². The van der Waals surface area contributed by atoms with Crippen molar-refractivity contribution < 1.29 is 19.0 Å².